The summed E-state index contributed by atoms with van der Waals surface area (Å²) in [6.45, 7) is 2.23. The lowest BCUT2D eigenvalue weighted by Gasteiger charge is -2.39. The second kappa shape index (κ2) is 5.70. The lowest BCUT2D eigenvalue weighted by atomic mass is 9.78. The summed E-state index contributed by atoms with van der Waals surface area (Å²) in [5.41, 5.74) is 7.28. The third-order valence-corrected chi connectivity index (χ3v) is 6.03. The van der Waals surface area contributed by atoms with Gasteiger partial charge in [0.2, 0.25) is 5.91 Å². The van der Waals surface area contributed by atoms with Gasteiger partial charge in [-0.15, -0.1) is 0 Å². The van der Waals surface area contributed by atoms with Crippen molar-refractivity contribution in [3.63, 3.8) is 0 Å². The Kier molecular flexibility index (Phi) is 3.40. The zero-order valence-corrected chi connectivity index (χ0v) is 14.9. The Morgan fingerprint density at radius 1 is 1.26 bits per heavy atom. The van der Waals surface area contributed by atoms with Gasteiger partial charge in [0.1, 0.15) is 5.82 Å². The van der Waals surface area contributed by atoms with Gasteiger partial charge in [0.25, 0.3) is 5.91 Å². The van der Waals surface area contributed by atoms with E-state index in [9.17, 15) is 9.59 Å². The minimum atomic E-state index is -0.504. The fourth-order valence-corrected chi connectivity index (χ4v) is 4.68. The number of nitrogens with one attached hydrogen (secondary N) is 2. The van der Waals surface area contributed by atoms with Gasteiger partial charge < -0.3 is 20.9 Å². The number of fused-ring (bicyclic) bond motifs is 3. The summed E-state index contributed by atoms with van der Waals surface area (Å²) in [5.74, 6) is 0.457. The number of carbonyl (C=O) groups is 2. The molecule has 4 N–H and O–H groups in total. The van der Waals surface area contributed by atoms with Gasteiger partial charge in [0, 0.05) is 36.7 Å². The summed E-state index contributed by atoms with van der Waals surface area (Å²) in [5, 5.41) is 4.89. The van der Waals surface area contributed by atoms with Crippen LogP contribution in [-0.2, 0) is 4.79 Å². The highest BCUT2D eigenvalue weighted by atomic mass is 16.2. The van der Waals surface area contributed by atoms with Crippen molar-refractivity contribution in [2.24, 2.45) is 11.1 Å². The summed E-state index contributed by atoms with van der Waals surface area (Å²) in [7, 11) is 0. The molecular formula is C20H21N5O2. The van der Waals surface area contributed by atoms with Gasteiger partial charge in [-0.3, -0.25) is 9.59 Å². The molecule has 0 bridgehead atoms. The number of hydrogen-bond donors (Lipinski definition) is 3. The van der Waals surface area contributed by atoms with Crippen molar-refractivity contribution < 1.29 is 9.59 Å². The number of benzene rings is 1. The average molecular weight is 363 g/mol. The smallest absolute Gasteiger partial charge is 0.252 e. The zero-order valence-electron chi connectivity index (χ0n) is 14.9. The van der Waals surface area contributed by atoms with E-state index in [1.165, 1.54) is 0 Å². The van der Waals surface area contributed by atoms with Crippen LogP contribution in [0.4, 0.5) is 5.82 Å². The fourth-order valence-electron chi connectivity index (χ4n) is 4.68. The van der Waals surface area contributed by atoms with Crippen LogP contribution < -0.4 is 16.0 Å². The van der Waals surface area contributed by atoms with Crippen molar-refractivity contribution in [3.8, 4) is 0 Å². The predicted octanol–water partition coefficient (Wildman–Crippen LogP) is 1.92. The maximum absolute atomic E-state index is 12.5. The molecule has 1 aromatic carbocycles. The minimum Gasteiger partial charge on any atom is -0.365 e. The molecule has 2 amide bonds. The summed E-state index contributed by atoms with van der Waals surface area (Å²) >= 11 is 0. The molecule has 4 heterocycles. The van der Waals surface area contributed by atoms with Crippen molar-refractivity contribution >= 4 is 39.4 Å². The van der Waals surface area contributed by atoms with Crippen molar-refractivity contribution in [3.05, 3.63) is 36.0 Å². The molecule has 138 valence electrons. The molecule has 2 aromatic heterocycles. The van der Waals surface area contributed by atoms with Crippen LogP contribution in [0, 0.1) is 5.41 Å². The number of anilines is 1. The number of amides is 2. The number of aromatic amines is 1. The average Bonchev–Trinajstić information content (AvgIpc) is 3.22. The number of pyridine rings is 1. The summed E-state index contributed by atoms with van der Waals surface area (Å²) in [6.07, 6.45) is 4.26. The van der Waals surface area contributed by atoms with Crippen molar-refractivity contribution in [1.29, 1.82) is 0 Å². The first-order chi connectivity index (χ1) is 13.1. The zero-order chi connectivity index (χ0) is 18.6. The molecular weight excluding hydrogens is 342 g/mol. The Bertz CT molecular complexity index is 1090. The summed E-state index contributed by atoms with van der Waals surface area (Å²) < 4.78 is 0. The maximum Gasteiger partial charge on any atom is 0.252 e. The summed E-state index contributed by atoms with van der Waals surface area (Å²) in [6, 6.07) is 7.92. The second-order valence-electron chi connectivity index (χ2n) is 7.59. The number of aromatic nitrogens is 2. The van der Waals surface area contributed by atoms with Crippen molar-refractivity contribution in [2.75, 3.05) is 24.5 Å². The van der Waals surface area contributed by atoms with E-state index in [0.29, 0.717) is 17.6 Å². The SMILES string of the molecule is NC(=O)c1cnc(N2CCC[C@@]3(CCNC3=O)C2)c2c1[nH]c1ccccc12. The molecule has 2 aliphatic heterocycles. The highest BCUT2D eigenvalue weighted by molar-refractivity contribution is 6.18. The first kappa shape index (κ1) is 16.1. The lowest BCUT2D eigenvalue weighted by Crippen LogP contribution is -2.47. The van der Waals surface area contributed by atoms with Gasteiger partial charge in [0.15, 0.2) is 0 Å². The molecule has 2 fully saturated rings. The highest BCUT2D eigenvalue weighted by Gasteiger charge is 2.45. The lowest BCUT2D eigenvalue weighted by molar-refractivity contribution is -0.128. The van der Waals surface area contributed by atoms with Crippen LogP contribution in [0.15, 0.2) is 30.5 Å². The van der Waals surface area contributed by atoms with Crippen molar-refractivity contribution in [2.45, 2.75) is 19.3 Å². The van der Waals surface area contributed by atoms with Crippen LogP contribution in [0.25, 0.3) is 21.8 Å². The van der Waals surface area contributed by atoms with Crippen LogP contribution in [-0.4, -0.2) is 41.4 Å². The minimum absolute atomic E-state index is 0.149. The quantitative estimate of drug-likeness (QED) is 0.647. The van der Waals surface area contributed by atoms with Gasteiger partial charge >= 0.3 is 0 Å². The normalized spacial score (nSPS) is 22.7. The molecule has 1 atom stereocenters. The van der Waals surface area contributed by atoms with E-state index in [1.807, 2.05) is 24.3 Å². The van der Waals surface area contributed by atoms with Gasteiger partial charge in [0.05, 0.1) is 21.9 Å². The number of primary amides is 1. The Morgan fingerprint density at radius 2 is 2.11 bits per heavy atom. The van der Waals surface area contributed by atoms with Gasteiger partial charge in [-0.1, -0.05) is 18.2 Å². The first-order valence-electron chi connectivity index (χ1n) is 9.32. The molecule has 2 aliphatic rings. The predicted molar refractivity (Wildman–Crippen MR) is 104 cm³/mol. The van der Waals surface area contributed by atoms with E-state index in [0.717, 1.165) is 54.5 Å². The van der Waals surface area contributed by atoms with Crippen molar-refractivity contribution in [1.82, 2.24) is 15.3 Å². The molecule has 5 rings (SSSR count). The highest BCUT2D eigenvalue weighted by Crippen LogP contribution is 2.41. The number of rotatable bonds is 2. The fraction of sp³-hybridized carbons (Fsp3) is 0.350. The Labute approximate surface area is 155 Å². The number of piperidine rings is 1. The third-order valence-electron chi connectivity index (χ3n) is 6.03. The Morgan fingerprint density at radius 3 is 2.89 bits per heavy atom. The molecule has 3 aromatic rings. The number of H-pyrrole nitrogens is 1. The second-order valence-corrected chi connectivity index (χ2v) is 7.59. The molecule has 7 nitrogen and oxygen atoms in total. The molecule has 1 spiro atoms. The molecule has 27 heavy (non-hydrogen) atoms. The largest absolute Gasteiger partial charge is 0.365 e. The first-order valence-corrected chi connectivity index (χ1v) is 9.32. The topological polar surface area (TPSA) is 104 Å². The van der Waals surface area contributed by atoms with E-state index in [1.54, 1.807) is 6.20 Å². The monoisotopic (exact) mass is 363 g/mol. The number of carbonyl (C=O) groups excluding carboxylic acids is 2. The standard InChI is InChI=1S/C20H21N5O2/c21-17(26)13-10-23-18(15-12-4-1-2-5-14(12)24-16(13)15)25-9-3-6-20(11-25)7-8-22-19(20)27/h1-2,4-5,10,24H,3,6-9,11H2,(H2,21,26)(H,22,27)/t20-/m1/s1. The van der Waals surface area contributed by atoms with E-state index in [2.05, 4.69) is 20.2 Å². The number of nitrogens with two attached hydrogens (primary N) is 1. The van der Waals surface area contributed by atoms with Crippen LogP contribution in [0.5, 0.6) is 0 Å². The van der Waals surface area contributed by atoms with E-state index < -0.39 is 5.91 Å². The number of hydrogen-bond acceptors (Lipinski definition) is 4. The molecule has 0 unspecified atom stereocenters. The van der Waals surface area contributed by atoms with Gasteiger partial charge in [-0.05, 0) is 25.3 Å². The van der Waals surface area contributed by atoms with Gasteiger partial charge in [-0.2, -0.15) is 0 Å². The van der Waals surface area contributed by atoms with E-state index >= 15 is 0 Å². The molecule has 7 heteroatoms. The number of para-hydroxylation sites is 1. The van der Waals surface area contributed by atoms with E-state index in [4.69, 9.17) is 5.73 Å². The third kappa shape index (κ3) is 2.31. The van der Waals surface area contributed by atoms with Crippen LogP contribution in [0.3, 0.4) is 0 Å². The van der Waals surface area contributed by atoms with Gasteiger partial charge in [-0.25, -0.2) is 4.98 Å². The summed E-state index contributed by atoms with van der Waals surface area (Å²) in [4.78, 5) is 34.5. The number of nitrogens with zero attached hydrogens (tertiary/aromatic N) is 2. The van der Waals surface area contributed by atoms with Crippen LogP contribution >= 0.6 is 0 Å². The molecule has 0 aliphatic carbocycles. The van der Waals surface area contributed by atoms with Crippen LogP contribution in [0.2, 0.25) is 0 Å². The Balaban J connectivity index is 1.70. The Hall–Kier alpha value is -3.09. The molecule has 0 radical (unpaired) electrons. The van der Waals surface area contributed by atoms with E-state index in [-0.39, 0.29) is 11.3 Å². The van der Waals surface area contributed by atoms with Crippen LogP contribution in [0.1, 0.15) is 29.6 Å². The maximum atomic E-state index is 12.5. The molecule has 0 saturated carbocycles. The molecule has 2 saturated heterocycles.